The molecule has 1 aromatic heterocycles. The molecule has 0 radical (unpaired) electrons. The van der Waals surface area contributed by atoms with E-state index in [2.05, 4.69) is 20.3 Å². The molecule has 0 saturated carbocycles. The number of rotatable bonds is 9. The minimum atomic E-state index is -4.95. The van der Waals surface area contributed by atoms with Gasteiger partial charge in [0, 0.05) is 25.2 Å². The summed E-state index contributed by atoms with van der Waals surface area (Å²) in [7, 11) is -2.03. The molecule has 0 spiro atoms. The molecule has 2 atom stereocenters. The molecule has 1 aliphatic heterocycles. The smallest absolute Gasteiger partial charge is 0.362 e. The molecule has 0 aliphatic carbocycles. The van der Waals surface area contributed by atoms with Gasteiger partial charge in [0.05, 0.1) is 6.04 Å². The summed E-state index contributed by atoms with van der Waals surface area (Å²) in [6, 6.07) is -2.72. The Labute approximate surface area is 189 Å². The number of thiazole rings is 1. The number of hydrogen-bond donors (Lipinski definition) is 4. The second-order valence-electron chi connectivity index (χ2n) is 6.28. The van der Waals surface area contributed by atoms with Gasteiger partial charge in [0.15, 0.2) is 10.8 Å². The molecular weight excluding hydrogens is 492 g/mol. The number of nitrogens with one attached hydrogen (secondary N) is 1. The Hall–Kier alpha value is -2.96. The van der Waals surface area contributed by atoms with Gasteiger partial charge in [-0.2, -0.15) is 8.42 Å². The first-order valence-corrected chi connectivity index (χ1v) is 11.7. The molecule has 32 heavy (non-hydrogen) atoms. The number of carbonyl (C=O) groups excluding carboxylic acids is 3. The normalized spacial score (nSPS) is 18.7. The number of carboxylic acid groups (broad SMARTS) is 1. The van der Waals surface area contributed by atoms with Crippen molar-refractivity contribution in [3.05, 3.63) is 11.1 Å². The van der Waals surface area contributed by atoms with Gasteiger partial charge < -0.3 is 25.9 Å². The zero-order chi connectivity index (χ0) is 24.2. The molecule has 1 aliphatic rings. The van der Waals surface area contributed by atoms with Gasteiger partial charge in [-0.3, -0.25) is 18.9 Å². The van der Waals surface area contributed by atoms with E-state index in [0.29, 0.717) is 11.8 Å². The fraction of sp³-hybridized carbons (Fsp3) is 0.429. The molecule has 1 fully saturated rings. The van der Waals surface area contributed by atoms with Crippen LogP contribution in [0.5, 0.6) is 0 Å². The number of carboxylic acids is 1. The Morgan fingerprint density at radius 2 is 2.09 bits per heavy atom. The lowest BCUT2D eigenvalue weighted by atomic mass is 10.0. The van der Waals surface area contributed by atoms with Crippen LogP contribution in [0, 0.1) is 0 Å². The molecule has 2 heterocycles. The first-order valence-electron chi connectivity index (χ1n) is 8.41. The molecule has 5 N–H and O–H groups in total. The van der Waals surface area contributed by atoms with Gasteiger partial charge in [-0.15, -0.1) is 11.3 Å². The number of amides is 3. The van der Waals surface area contributed by atoms with E-state index in [9.17, 15) is 32.1 Å². The van der Waals surface area contributed by atoms with Crippen molar-refractivity contribution in [3.63, 3.8) is 0 Å². The first kappa shape index (κ1) is 25.3. The van der Waals surface area contributed by atoms with E-state index in [0.717, 1.165) is 11.3 Å². The molecule has 1 aromatic rings. The van der Waals surface area contributed by atoms with E-state index in [-0.39, 0.29) is 20.9 Å². The van der Waals surface area contributed by atoms with Crippen LogP contribution in [0.4, 0.5) is 9.93 Å². The van der Waals surface area contributed by atoms with Crippen LogP contribution in [0.15, 0.2) is 10.5 Å². The number of carbonyl (C=O) groups is 4. The number of nitrogens with zero attached hydrogens (tertiary/aromatic N) is 4. The summed E-state index contributed by atoms with van der Waals surface area (Å²) >= 11 is 1.61. The van der Waals surface area contributed by atoms with Crippen molar-refractivity contribution in [3.8, 4) is 0 Å². The summed E-state index contributed by atoms with van der Waals surface area (Å²) in [6.45, 7) is -0.874. The minimum Gasteiger partial charge on any atom is -0.479 e. The molecule has 176 valence electrons. The van der Waals surface area contributed by atoms with Crippen LogP contribution in [-0.2, 0) is 29.5 Å². The maximum atomic E-state index is 12.7. The van der Waals surface area contributed by atoms with Gasteiger partial charge in [-0.1, -0.05) is 16.9 Å². The summed E-state index contributed by atoms with van der Waals surface area (Å²) in [4.78, 5) is 57.1. The third kappa shape index (κ3) is 6.05. The Morgan fingerprint density at radius 1 is 1.44 bits per heavy atom. The van der Waals surface area contributed by atoms with E-state index >= 15 is 0 Å². The maximum Gasteiger partial charge on any atom is 0.362 e. The highest BCUT2D eigenvalue weighted by atomic mass is 32.2. The van der Waals surface area contributed by atoms with Gasteiger partial charge >= 0.3 is 16.3 Å². The molecule has 18 heteroatoms. The van der Waals surface area contributed by atoms with Crippen LogP contribution in [0.1, 0.15) is 5.69 Å². The van der Waals surface area contributed by atoms with Gasteiger partial charge in [0.1, 0.15) is 11.7 Å². The SMILES string of the molecule is CN(C)C(=O)SC[C@@H]1[C@H](NC(=O)/C(=N/OCC(=O)O)c2csc(N)n2)C(=O)N1S(=O)(=O)O. The number of nitrogens with two attached hydrogens (primary N) is 1. The van der Waals surface area contributed by atoms with Crippen molar-refractivity contribution in [1.29, 1.82) is 0 Å². The van der Waals surface area contributed by atoms with E-state index in [1.807, 2.05) is 0 Å². The number of hydrogen-bond acceptors (Lipinski definition) is 12. The van der Waals surface area contributed by atoms with Gasteiger partial charge in [0.25, 0.3) is 17.1 Å². The van der Waals surface area contributed by atoms with Gasteiger partial charge in [-0.05, 0) is 0 Å². The minimum absolute atomic E-state index is 0.0625. The summed E-state index contributed by atoms with van der Waals surface area (Å²) in [5.74, 6) is -3.83. The maximum absolute atomic E-state index is 12.7. The fourth-order valence-electron chi connectivity index (χ4n) is 2.37. The van der Waals surface area contributed by atoms with Crippen LogP contribution >= 0.6 is 23.1 Å². The summed E-state index contributed by atoms with van der Waals surface area (Å²) < 4.78 is 32.5. The monoisotopic (exact) mass is 510 g/mol. The summed E-state index contributed by atoms with van der Waals surface area (Å²) in [6.07, 6.45) is 0. The highest BCUT2D eigenvalue weighted by Gasteiger charge is 2.54. The Kier molecular flexibility index (Phi) is 7.99. The van der Waals surface area contributed by atoms with Crippen LogP contribution < -0.4 is 11.1 Å². The van der Waals surface area contributed by atoms with Crippen LogP contribution in [0.2, 0.25) is 0 Å². The molecule has 2 rings (SSSR count). The van der Waals surface area contributed by atoms with E-state index in [1.165, 1.54) is 24.4 Å². The second kappa shape index (κ2) is 10.1. The second-order valence-corrected chi connectivity index (χ2v) is 9.43. The van der Waals surface area contributed by atoms with E-state index < -0.39 is 57.7 Å². The Balaban J connectivity index is 2.24. The predicted octanol–water partition coefficient (Wildman–Crippen LogP) is -1.56. The highest BCUT2D eigenvalue weighted by molar-refractivity contribution is 8.13. The lowest BCUT2D eigenvalue weighted by molar-refractivity contribution is -0.143. The van der Waals surface area contributed by atoms with Crippen LogP contribution in [0.25, 0.3) is 0 Å². The number of oxime groups is 1. The van der Waals surface area contributed by atoms with E-state index in [1.54, 1.807) is 0 Å². The average molecular weight is 511 g/mol. The zero-order valence-corrected chi connectivity index (χ0v) is 18.9. The number of anilines is 1. The average Bonchev–Trinajstić information content (AvgIpc) is 3.10. The predicted molar refractivity (Wildman–Crippen MR) is 112 cm³/mol. The van der Waals surface area contributed by atoms with Crippen LogP contribution in [0.3, 0.4) is 0 Å². The number of thioether (sulfide) groups is 1. The summed E-state index contributed by atoms with van der Waals surface area (Å²) in [5, 5.41) is 15.3. The van der Waals surface area contributed by atoms with E-state index in [4.69, 9.17) is 10.8 Å². The van der Waals surface area contributed by atoms with Crippen molar-refractivity contribution < 1.29 is 42.1 Å². The third-order valence-corrected chi connectivity index (χ3v) is 6.51. The van der Waals surface area contributed by atoms with Crippen molar-refractivity contribution >= 4 is 67.3 Å². The molecule has 0 bridgehead atoms. The van der Waals surface area contributed by atoms with Gasteiger partial charge in [0.2, 0.25) is 6.61 Å². The Morgan fingerprint density at radius 3 is 2.59 bits per heavy atom. The Bertz CT molecular complexity index is 1050. The number of nitrogen functional groups attached to an aromatic ring is 1. The highest BCUT2D eigenvalue weighted by Crippen LogP contribution is 2.27. The molecule has 0 unspecified atom stereocenters. The molecule has 0 aromatic carbocycles. The van der Waals surface area contributed by atoms with Crippen molar-refractivity contribution in [1.82, 2.24) is 19.5 Å². The molecule has 1 saturated heterocycles. The fourth-order valence-corrected chi connectivity index (χ4v) is 4.81. The molecule has 15 nitrogen and oxygen atoms in total. The largest absolute Gasteiger partial charge is 0.479 e. The standard InChI is InChI=1S/C14H18N6O9S3/c1-19(2)14(25)31-5-7-10(12(24)20(7)32(26,27)28)17-11(23)9(18-29-3-8(21)22)6-4-30-13(15)16-6/h4,7,10H,3,5H2,1-2H3,(H2,15,16)(H,17,23)(H,21,22)(H,26,27,28)/b18-9+/t7-,10+/m1/s1. The lowest BCUT2D eigenvalue weighted by Crippen LogP contribution is -2.73. The number of aliphatic carboxylic acids is 1. The zero-order valence-electron chi connectivity index (χ0n) is 16.5. The molecule has 3 amide bonds. The third-order valence-electron chi connectivity index (χ3n) is 3.77. The van der Waals surface area contributed by atoms with Crippen molar-refractivity contribution in [2.75, 3.05) is 32.2 Å². The summed E-state index contributed by atoms with van der Waals surface area (Å²) in [5.41, 5.74) is 4.93. The lowest BCUT2D eigenvalue weighted by Gasteiger charge is -2.43. The number of β-lactam (4-membered cyclic amide) rings is 1. The number of aromatic nitrogens is 1. The first-order chi connectivity index (χ1) is 14.8. The topological polar surface area (TPSA) is 222 Å². The quantitative estimate of drug-likeness (QED) is 0.128. The molecular formula is C14H18N6O9S3. The van der Waals surface area contributed by atoms with Crippen molar-refractivity contribution in [2.24, 2.45) is 5.16 Å². The van der Waals surface area contributed by atoms with Crippen LogP contribution in [-0.4, -0.2) is 99.5 Å². The van der Waals surface area contributed by atoms with Crippen molar-refractivity contribution in [2.45, 2.75) is 12.1 Å². The van der Waals surface area contributed by atoms with Gasteiger partial charge in [-0.25, -0.2) is 14.1 Å².